The summed E-state index contributed by atoms with van der Waals surface area (Å²) in [5, 5.41) is 0. The molecule has 0 spiro atoms. The summed E-state index contributed by atoms with van der Waals surface area (Å²) >= 11 is 6.77. The second-order valence-electron chi connectivity index (χ2n) is 3.79. The van der Waals surface area contributed by atoms with Gasteiger partial charge in [-0.3, -0.25) is 0 Å². The van der Waals surface area contributed by atoms with E-state index < -0.39 is 0 Å². The molecule has 1 aromatic carbocycles. The Hall–Kier alpha value is -0.870. The highest BCUT2D eigenvalue weighted by atomic mass is 79.9. The third-order valence-electron chi connectivity index (χ3n) is 2.47. The molecule has 17 heavy (non-hydrogen) atoms. The van der Waals surface area contributed by atoms with Gasteiger partial charge in [-0.25, -0.2) is 4.98 Å². The molecule has 0 aliphatic rings. The molecule has 0 aliphatic heterocycles. The Morgan fingerprint density at radius 3 is 2.47 bits per heavy atom. The van der Waals surface area contributed by atoms with E-state index in [-0.39, 0.29) is 0 Å². The minimum Gasteiger partial charge on any atom is -0.438 e. The first-order chi connectivity index (χ1) is 8.06. The zero-order chi connectivity index (χ0) is 12.4. The van der Waals surface area contributed by atoms with Crippen molar-refractivity contribution in [2.45, 2.75) is 13.8 Å². The summed E-state index contributed by atoms with van der Waals surface area (Å²) < 4.78 is 7.46. The third-order valence-corrected chi connectivity index (χ3v) is 3.47. The average molecular weight is 357 g/mol. The molecule has 2 aromatic rings. The van der Waals surface area contributed by atoms with Crippen molar-refractivity contribution in [2.24, 2.45) is 0 Å². The van der Waals surface area contributed by atoms with E-state index in [1.807, 2.05) is 24.3 Å². The third kappa shape index (κ3) is 3.07. The van der Waals surface area contributed by atoms with Crippen LogP contribution in [0, 0.1) is 13.8 Å². The van der Waals surface area contributed by atoms with Crippen LogP contribution in [0.25, 0.3) is 0 Å². The summed E-state index contributed by atoms with van der Waals surface area (Å²) in [5.74, 6) is 1.36. The molecule has 0 atom stereocenters. The summed E-state index contributed by atoms with van der Waals surface area (Å²) in [6, 6.07) is 7.89. The van der Waals surface area contributed by atoms with E-state index in [0.717, 1.165) is 14.7 Å². The molecule has 0 bridgehead atoms. The number of rotatable bonds is 2. The molecule has 2 nitrogen and oxygen atoms in total. The van der Waals surface area contributed by atoms with E-state index in [4.69, 9.17) is 4.74 Å². The largest absolute Gasteiger partial charge is 0.438 e. The van der Waals surface area contributed by atoms with Gasteiger partial charge in [0.1, 0.15) is 5.75 Å². The Labute approximate surface area is 117 Å². The Kier molecular flexibility index (Phi) is 3.84. The van der Waals surface area contributed by atoms with Crippen molar-refractivity contribution < 1.29 is 4.74 Å². The fourth-order valence-corrected chi connectivity index (χ4v) is 2.43. The predicted molar refractivity (Wildman–Crippen MR) is 75.6 cm³/mol. The Morgan fingerprint density at radius 2 is 1.82 bits per heavy atom. The standard InChI is InChI=1S/C13H11Br2NO/c1-8-3-4-11(5-9(8)2)17-13-12(15)6-10(14)7-16-13/h3-7H,1-2H3. The summed E-state index contributed by atoms with van der Waals surface area (Å²) in [7, 11) is 0. The van der Waals surface area contributed by atoms with Crippen molar-refractivity contribution in [1.82, 2.24) is 4.98 Å². The molecule has 0 N–H and O–H groups in total. The molecule has 1 aromatic heterocycles. The first-order valence-electron chi connectivity index (χ1n) is 5.12. The molecule has 0 amide bonds. The van der Waals surface area contributed by atoms with Gasteiger partial charge in [0, 0.05) is 10.7 Å². The van der Waals surface area contributed by atoms with Crippen molar-refractivity contribution in [3.63, 3.8) is 0 Å². The second-order valence-corrected chi connectivity index (χ2v) is 5.56. The van der Waals surface area contributed by atoms with Gasteiger partial charge in [-0.15, -0.1) is 0 Å². The number of halogens is 2. The maximum absolute atomic E-state index is 5.72. The normalized spacial score (nSPS) is 10.4. The van der Waals surface area contributed by atoms with Crippen LogP contribution in [0.2, 0.25) is 0 Å². The van der Waals surface area contributed by atoms with Crippen LogP contribution in [-0.4, -0.2) is 4.98 Å². The van der Waals surface area contributed by atoms with Gasteiger partial charge in [-0.1, -0.05) is 6.07 Å². The summed E-state index contributed by atoms with van der Waals surface area (Å²) in [6.45, 7) is 4.14. The molecule has 4 heteroatoms. The van der Waals surface area contributed by atoms with E-state index in [9.17, 15) is 0 Å². The van der Waals surface area contributed by atoms with E-state index in [0.29, 0.717) is 5.88 Å². The van der Waals surface area contributed by atoms with Crippen LogP contribution in [0.3, 0.4) is 0 Å². The number of hydrogen-bond donors (Lipinski definition) is 0. The lowest BCUT2D eigenvalue weighted by Crippen LogP contribution is -1.90. The van der Waals surface area contributed by atoms with Gasteiger partial charge in [0.2, 0.25) is 5.88 Å². The van der Waals surface area contributed by atoms with Crippen LogP contribution in [0.1, 0.15) is 11.1 Å². The molecule has 0 saturated heterocycles. The number of pyridine rings is 1. The zero-order valence-electron chi connectivity index (χ0n) is 9.50. The zero-order valence-corrected chi connectivity index (χ0v) is 12.7. The second kappa shape index (κ2) is 5.19. The van der Waals surface area contributed by atoms with Gasteiger partial charge in [0.15, 0.2) is 0 Å². The number of benzene rings is 1. The van der Waals surface area contributed by atoms with Crippen LogP contribution >= 0.6 is 31.9 Å². The minimum absolute atomic E-state index is 0.566. The van der Waals surface area contributed by atoms with Crippen LogP contribution in [0.4, 0.5) is 0 Å². The highest BCUT2D eigenvalue weighted by Crippen LogP contribution is 2.30. The summed E-state index contributed by atoms with van der Waals surface area (Å²) in [5.41, 5.74) is 2.45. The fraction of sp³-hybridized carbons (Fsp3) is 0.154. The van der Waals surface area contributed by atoms with E-state index in [1.54, 1.807) is 6.20 Å². The first-order valence-corrected chi connectivity index (χ1v) is 6.71. The quantitative estimate of drug-likeness (QED) is 0.754. The fourth-order valence-electron chi connectivity index (χ4n) is 1.37. The lowest BCUT2D eigenvalue weighted by Gasteiger charge is -2.08. The van der Waals surface area contributed by atoms with E-state index in [2.05, 4.69) is 50.7 Å². The Balaban J connectivity index is 2.28. The van der Waals surface area contributed by atoms with Crippen molar-refractivity contribution in [3.8, 4) is 11.6 Å². The van der Waals surface area contributed by atoms with Crippen molar-refractivity contribution >= 4 is 31.9 Å². The van der Waals surface area contributed by atoms with Crippen molar-refractivity contribution in [2.75, 3.05) is 0 Å². The van der Waals surface area contributed by atoms with Crippen LogP contribution in [0.15, 0.2) is 39.4 Å². The summed E-state index contributed by atoms with van der Waals surface area (Å²) in [4.78, 5) is 4.21. The molecule has 1 heterocycles. The van der Waals surface area contributed by atoms with Gasteiger partial charge in [-0.05, 0) is 75.0 Å². The van der Waals surface area contributed by atoms with Gasteiger partial charge in [0.05, 0.1) is 4.47 Å². The lowest BCUT2D eigenvalue weighted by atomic mass is 10.1. The van der Waals surface area contributed by atoms with Crippen molar-refractivity contribution in [1.29, 1.82) is 0 Å². The average Bonchev–Trinajstić information content (AvgIpc) is 2.27. The maximum atomic E-state index is 5.72. The van der Waals surface area contributed by atoms with Crippen LogP contribution in [0.5, 0.6) is 11.6 Å². The Bertz CT molecular complexity index is 555. The highest BCUT2D eigenvalue weighted by molar-refractivity contribution is 9.11. The number of aromatic nitrogens is 1. The minimum atomic E-state index is 0.566. The lowest BCUT2D eigenvalue weighted by molar-refractivity contribution is 0.459. The maximum Gasteiger partial charge on any atom is 0.233 e. The van der Waals surface area contributed by atoms with Gasteiger partial charge < -0.3 is 4.74 Å². The molecule has 0 saturated carbocycles. The highest BCUT2D eigenvalue weighted by Gasteiger charge is 2.05. The SMILES string of the molecule is Cc1ccc(Oc2ncc(Br)cc2Br)cc1C. The van der Waals surface area contributed by atoms with Gasteiger partial charge in [-0.2, -0.15) is 0 Å². The predicted octanol–water partition coefficient (Wildman–Crippen LogP) is 5.02. The van der Waals surface area contributed by atoms with Crippen LogP contribution < -0.4 is 4.74 Å². The first kappa shape index (κ1) is 12.6. The van der Waals surface area contributed by atoms with Crippen LogP contribution in [-0.2, 0) is 0 Å². The molecule has 0 aliphatic carbocycles. The Morgan fingerprint density at radius 1 is 1.06 bits per heavy atom. The molecular weight excluding hydrogens is 346 g/mol. The smallest absolute Gasteiger partial charge is 0.233 e. The number of ether oxygens (including phenoxy) is 1. The number of nitrogens with zero attached hydrogens (tertiary/aromatic N) is 1. The molecule has 0 fully saturated rings. The van der Waals surface area contributed by atoms with E-state index >= 15 is 0 Å². The molecule has 0 unspecified atom stereocenters. The molecule has 2 rings (SSSR count). The molecule has 0 radical (unpaired) electrons. The van der Waals surface area contributed by atoms with Gasteiger partial charge >= 0.3 is 0 Å². The monoisotopic (exact) mass is 355 g/mol. The molecule has 88 valence electrons. The van der Waals surface area contributed by atoms with Gasteiger partial charge in [0.25, 0.3) is 0 Å². The number of aryl methyl sites for hydroxylation is 2. The number of hydrogen-bond acceptors (Lipinski definition) is 2. The topological polar surface area (TPSA) is 22.1 Å². The van der Waals surface area contributed by atoms with Crippen molar-refractivity contribution in [3.05, 3.63) is 50.5 Å². The summed E-state index contributed by atoms with van der Waals surface area (Å²) in [6.07, 6.45) is 1.71. The van der Waals surface area contributed by atoms with E-state index in [1.165, 1.54) is 11.1 Å². The molecular formula is C13H11Br2NO.